The zero-order chi connectivity index (χ0) is 19.9. The Kier molecular flexibility index (Phi) is 7.54. The monoisotopic (exact) mass is 410 g/mol. The quantitative estimate of drug-likeness (QED) is 0.531. The molecule has 2 rings (SSSR count). The van der Waals surface area contributed by atoms with Gasteiger partial charge in [-0.05, 0) is 31.4 Å². The van der Waals surface area contributed by atoms with E-state index in [1.807, 2.05) is 19.1 Å². The summed E-state index contributed by atoms with van der Waals surface area (Å²) < 4.78 is 66.6. The van der Waals surface area contributed by atoms with E-state index < -0.39 is 15.5 Å². The molecule has 0 unspecified atom stereocenters. The molecule has 0 radical (unpaired) electrons. The molecule has 7 nitrogen and oxygen atoms in total. The van der Waals surface area contributed by atoms with E-state index in [1.54, 1.807) is 6.26 Å². The molecule has 1 aliphatic heterocycles. The van der Waals surface area contributed by atoms with Gasteiger partial charge in [0, 0.05) is 38.6 Å². The Labute approximate surface area is 157 Å². The smallest absolute Gasteiger partial charge is 0.469 e. The van der Waals surface area contributed by atoms with Crippen LogP contribution in [-0.4, -0.2) is 56.4 Å². The first-order valence-corrected chi connectivity index (χ1v) is 10.3. The molecular weight excluding hydrogens is 385 g/mol. The van der Waals surface area contributed by atoms with Gasteiger partial charge in [-0.15, -0.1) is 0 Å². The second kappa shape index (κ2) is 9.45. The minimum Gasteiger partial charge on any atom is -0.469 e. The summed E-state index contributed by atoms with van der Waals surface area (Å²) in [7, 11) is -5.26. The van der Waals surface area contributed by atoms with Crippen LogP contribution in [-0.2, 0) is 16.4 Å². The molecule has 2 heterocycles. The average molecular weight is 410 g/mol. The molecule has 1 aliphatic rings. The molecule has 1 saturated heterocycles. The Morgan fingerprint density at radius 1 is 1.37 bits per heavy atom. The number of piperidine rings is 1. The first-order valence-electron chi connectivity index (χ1n) is 8.87. The van der Waals surface area contributed by atoms with Gasteiger partial charge in [0.2, 0.25) is 0 Å². The topological polar surface area (TPSA) is 86.9 Å². The normalized spacial score (nSPS) is 17.9. The highest BCUT2D eigenvalue weighted by Gasteiger charge is 2.50. The van der Waals surface area contributed by atoms with E-state index in [0.717, 1.165) is 12.2 Å². The standard InChI is InChI=1S/C16H25F3N4O3S/c1-2-8-20-15(21-9-5-14-4-3-12-26-14)22-13-6-10-23(11-7-13)27(24,25)16(17,18)19/h3-4,12-13H,2,5-11H2,1H3,(H2,20,21,22). The van der Waals surface area contributed by atoms with E-state index >= 15 is 0 Å². The van der Waals surface area contributed by atoms with Crippen molar-refractivity contribution in [1.82, 2.24) is 14.9 Å². The van der Waals surface area contributed by atoms with Crippen molar-refractivity contribution in [3.63, 3.8) is 0 Å². The number of hydrogen-bond donors (Lipinski definition) is 2. The first kappa shape index (κ1) is 21.5. The molecule has 0 aromatic carbocycles. The summed E-state index contributed by atoms with van der Waals surface area (Å²) in [5, 5.41) is 6.36. The Bertz CT molecular complexity index is 697. The number of nitrogens with one attached hydrogen (secondary N) is 2. The molecule has 0 atom stereocenters. The fourth-order valence-corrected chi connectivity index (χ4v) is 3.70. The number of hydrogen-bond acceptors (Lipinski definition) is 4. The van der Waals surface area contributed by atoms with Crippen LogP contribution in [0.4, 0.5) is 13.2 Å². The van der Waals surface area contributed by atoms with Crippen LogP contribution in [0.2, 0.25) is 0 Å². The molecule has 154 valence electrons. The predicted molar refractivity (Wildman–Crippen MR) is 95.7 cm³/mol. The third-order valence-corrected chi connectivity index (χ3v) is 5.79. The number of furan rings is 1. The van der Waals surface area contributed by atoms with Gasteiger partial charge in [0.15, 0.2) is 5.96 Å². The van der Waals surface area contributed by atoms with Crippen molar-refractivity contribution in [2.75, 3.05) is 26.2 Å². The summed E-state index contributed by atoms with van der Waals surface area (Å²) >= 11 is 0. The summed E-state index contributed by atoms with van der Waals surface area (Å²) in [6.07, 6.45) is 3.68. The summed E-state index contributed by atoms with van der Waals surface area (Å²) in [6.45, 7) is 2.84. The van der Waals surface area contributed by atoms with Crippen LogP contribution >= 0.6 is 0 Å². The number of halogens is 3. The highest BCUT2D eigenvalue weighted by molar-refractivity contribution is 7.90. The number of alkyl halides is 3. The fourth-order valence-electron chi connectivity index (χ4n) is 2.72. The van der Waals surface area contributed by atoms with Crippen molar-refractivity contribution in [1.29, 1.82) is 0 Å². The van der Waals surface area contributed by atoms with E-state index in [2.05, 4.69) is 15.6 Å². The Hall–Kier alpha value is -1.75. The summed E-state index contributed by atoms with van der Waals surface area (Å²) in [6, 6.07) is 3.54. The molecule has 27 heavy (non-hydrogen) atoms. The van der Waals surface area contributed by atoms with Crippen LogP contribution in [0.1, 0.15) is 31.9 Å². The van der Waals surface area contributed by atoms with E-state index in [0.29, 0.717) is 29.8 Å². The third-order valence-electron chi connectivity index (χ3n) is 4.16. The van der Waals surface area contributed by atoms with Crippen LogP contribution in [0.25, 0.3) is 0 Å². The van der Waals surface area contributed by atoms with Gasteiger partial charge in [-0.2, -0.15) is 17.5 Å². The lowest BCUT2D eigenvalue weighted by Crippen LogP contribution is -2.51. The number of rotatable bonds is 7. The second-order valence-electron chi connectivity index (χ2n) is 6.25. The van der Waals surface area contributed by atoms with Gasteiger partial charge >= 0.3 is 15.5 Å². The van der Waals surface area contributed by atoms with Crippen molar-refractivity contribution >= 4 is 16.0 Å². The molecular formula is C16H25F3N4O3S. The number of sulfonamides is 1. The molecule has 0 bridgehead atoms. The molecule has 11 heteroatoms. The minimum atomic E-state index is -5.26. The minimum absolute atomic E-state index is 0.142. The van der Waals surface area contributed by atoms with E-state index in [4.69, 9.17) is 4.42 Å². The summed E-state index contributed by atoms with van der Waals surface area (Å²) in [5.74, 6) is 1.41. The lowest BCUT2D eigenvalue weighted by atomic mass is 10.1. The van der Waals surface area contributed by atoms with Crippen LogP contribution in [0.3, 0.4) is 0 Å². The van der Waals surface area contributed by atoms with E-state index in [1.165, 1.54) is 0 Å². The van der Waals surface area contributed by atoms with E-state index in [-0.39, 0.29) is 32.0 Å². The average Bonchev–Trinajstić information content (AvgIpc) is 3.12. The number of aliphatic imine (C=N–C) groups is 1. The lowest BCUT2D eigenvalue weighted by Gasteiger charge is -2.32. The number of nitrogens with zero attached hydrogens (tertiary/aromatic N) is 2. The van der Waals surface area contributed by atoms with Crippen LogP contribution < -0.4 is 10.6 Å². The molecule has 1 aromatic rings. The van der Waals surface area contributed by atoms with Crippen molar-refractivity contribution in [3.8, 4) is 0 Å². The van der Waals surface area contributed by atoms with Crippen LogP contribution in [0.5, 0.6) is 0 Å². The molecule has 1 aromatic heterocycles. The lowest BCUT2D eigenvalue weighted by molar-refractivity contribution is -0.0494. The van der Waals surface area contributed by atoms with E-state index in [9.17, 15) is 21.6 Å². The Balaban J connectivity index is 1.85. The highest BCUT2D eigenvalue weighted by Crippen LogP contribution is 2.28. The molecule has 0 spiro atoms. The summed E-state index contributed by atoms with van der Waals surface area (Å²) in [5.41, 5.74) is -5.26. The second-order valence-corrected chi connectivity index (χ2v) is 8.18. The Morgan fingerprint density at radius 3 is 2.63 bits per heavy atom. The molecule has 2 N–H and O–H groups in total. The zero-order valence-electron chi connectivity index (χ0n) is 15.1. The van der Waals surface area contributed by atoms with Crippen LogP contribution in [0, 0.1) is 0 Å². The molecule has 1 fully saturated rings. The SMILES string of the molecule is CCCN=C(NCCc1ccco1)NC1CCN(S(=O)(=O)C(F)(F)F)CC1. The fraction of sp³-hybridized carbons (Fsp3) is 0.688. The van der Waals surface area contributed by atoms with Crippen molar-refractivity contribution < 1.29 is 26.0 Å². The van der Waals surface area contributed by atoms with Gasteiger partial charge in [0.25, 0.3) is 0 Å². The van der Waals surface area contributed by atoms with Crippen molar-refractivity contribution in [3.05, 3.63) is 24.2 Å². The van der Waals surface area contributed by atoms with Crippen LogP contribution in [0.15, 0.2) is 27.8 Å². The summed E-state index contributed by atoms with van der Waals surface area (Å²) in [4.78, 5) is 4.41. The van der Waals surface area contributed by atoms with Gasteiger partial charge in [0.05, 0.1) is 6.26 Å². The van der Waals surface area contributed by atoms with Gasteiger partial charge in [-0.1, -0.05) is 6.92 Å². The molecule has 0 amide bonds. The van der Waals surface area contributed by atoms with Gasteiger partial charge < -0.3 is 15.1 Å². The largest absolute Gasteiger partial charge is 0.511 e. The zero-order valence-corrected chi connectivity index (χ0v) is 15.9. The number of guanidine groups is 1. The van der Waals surface area contributed by atoms with Gasteiger partial charge in [-0.3, -0.25) is 4.99 Å². The maximum Gasteiger partial charge on any atom is 0.511 e. The highest BCUT2D eigenvalue weighted by atomic mass is 32.2. The Morgan fingerprint density at radius 2 is 2.07 bits per heavy atom. The first-order chi connectivity index (χ1) is 12.7. The maximum atomic E-state index is 12.6. The molecule has 0 saturated carbocycles. The maximum absolute atomic E-state index is 12.6. The van der Waals surface area contributed by atoms with Crippen molar-refractivity contribution in [2.45, 2.75) is 44.2 Å². The van der Waals surface area contributed by atoms with Crippen molar-refractivity contribution in [2.24, 2.45) is 4.99 Å². The van der Waals surface area contributed by atoms with Gasteiger partial charge in [0.1, 0.15) is 5.76 Å². The predicted octanol–water partition coefficient (Wildman–Crippen LogP) is 2.08. The molecule has 0 aliphatic carbocycles. The third kappa shape index (κ3) is 6.13. The van der Waals surface area contributed by atoms with Gasteiger partial charge in [-0.25, -0.2) is 8.42 Å².